The van der Waals surface area contributed by atoms with Gasteiger partial charge in [0.1, 0.15) is 0 Å². The van der Waals surface area contributed by atoms with Gasteiger partial charge in [-0.2, -0.15) is 18.3 Å². The highest BCUT2D eigenvalue weighted by Crippen LogP contribution is 2.30. The molecule has 1 fully saturated rings. The van der Waals surface area contributed by atoms with Crippen LogP contribution in [-0.2, 0) is 12.7 Å². The van der Waals surface area contributed by atoms with Crippen LogP contribution in [0.3, 0.4) is 0 Å². The van der Waals surface area contributed by atoms with E-state index in [4.69, 9.17) is 0 Å². The standard InChI is InChI=1S/C13H20F3N3/c1-2-17-11-5-3-4-10(11)6-8-19-9-7-12(18-19)13(14,15)16/h7,9-11,17H,2-6,8H2,1H3. The van der Waals surface area contributed by atoms with Gasteiger partial charge in [-0.05, 0) is 37.8 Å². The quantitative estimate of drug-likeness (QED) is 0.895. The minimum absolute atomic E-state index is 0.516. The number of halogens is 3. The fraction of sp³-hybridized carbons (Fsp3) is 0.769. The molecular weight excluding hydrogens is 255 g/mol. The Labute approximate surface area is 111 Å². The summed E-state index contributed by atoms with van der Waals surface area (Å²) < 4.78 is 38.7. The molecule has 0 aliphatic heterocycles. The Bertz CT molecular complexity index is 400. The van der Waals surface area contributed by atoms with Gasteiger partial charge in [-0.15, -0.1) is 0 Å². The Morgan fingerprint density at radius 1 is 1.42 bits per heavy atom. The molecule has 1 saturated carbocycles. The van der Waals surface area contributed by atoms with E-state index in [1.807, 2.05) is 0 Å². The molecule has 1 aliphatic carbocycles. The fourth-order valence-corrected chi connectivity index (χ4v) is 2.85. The van der Waals surface area contributed by atoms with Gasteiger partial charge in [-0.1, -0.05) is 13.3 Å². The van der Waals surface area contributed by atoms with Gasteiger partial charge in [0.05, 0.1) is 0 Å². The predicted octanol–water partition coefficient (Wildman–Crippen LogP) is 3.07. The number of aromatic nitrogens is 2. The van der Waals surface area contributed by atoms with Crippen LogP contribution in [0.1, 0.15) is 38.3 Å². The molecule has 2 unspecified atom stereocenters. The molecule has 0 saturated heterocycles. The maximum absolute atomic E-state index is 12.4. The minimum atomic E-state index is -4.34. The summed E-state index contributed by atoms with van der Waals surface area (Å²) in [6.45, 7) is 3.59. The van der Waals surface area contributed by atoms with Crippen LogP contribution in [0.25, 0.3) is 0 Å². The number of hydrogen-bond acceptors (Lipinski definition) is 2. The van der Waals surface area contributed by atoms with Gasteiger partial charge in [0.25, 0.3) is 0 Å². The summed E-state index contributed by atoms with van der Waals surface area (Å²) in [4.78, 5) is 0. The van der Waals surface area contributed by atoms with Crippen molar-refractivity contribution in [2.75, 3.05) is 6.54 Å². The smallest absolute Gasteiger partial charge is 0.314 e. The lowest BCUT2D eigenvalue weighted by Gasteiger charge is -2.20. The second-order valence-corrected chi connectivity index (χ2v) is 5.11. The van der Waals surface area contributed by atoms with E-state index in [2.05, 4.69) is 17.3 Å². The summed E-state index contributed by atoms with van der Waals surface area (Å²) >= 11 is 0. The zero-order valence-corrected chi connectivity index (χ0v) is 11.1. The third-order valence-corrected chi connectivity index (χ3v) is 3.79. The summed E-state index contributed by atoms with van der Waals surface area (Å²) in [5, 5.41) is 7.04. The van der Waals surface area contributed by atoms with Gasteiger partial charge in [0.2, 0.25) is 0 Å². The van der Waals surface area contributed by atoms with Crippen molar-refractivity contribution in [2.45, 2.75) is 51.4 Å². The highest BCUT2D eigenvalue weighted by atomic mass is 19.4. The van der Waals surface area contributed by atoms with Crippen molar-refractivity contribution >= 4 is 0 Å². The van der Waals surface area contributed by atoms with Crippen LogP contribution in [0.15, 0.2) is 12.3 Å². The van der Waals surface area contributed by atoms with E-state index in [0.717, 1.165) is 25.5 Å². The average Bonchev–Trinajstić information content (AvgIpc) is 2.94. The average molecular weight is 275 g/mol. The number of nitrogens with one attached hydrogen (secondary N) is 1. The Morgan fingerprint density at radius 2 is 2.21 bits per heavy atom. The topological polar surface area (TPSA) is 29.9 Å². The fourth-order valence-electron chi connectivity index (χ4n) is 2.85. The molecule has 0 radical (unpaired) electrons. The third kappa shape index (κ3) is 3.72. The zero-order valence-electron chi connectivity index (χ0n) is 11.1. The maximum Gasteiger partial charge on any atom is 0.435 e. The largest absolute Gasteiger partial charge is 0.435 e. The normalized spacial score (nSPS) is 24.0. The van der Waals surface area contributed by atoms with E-state index in [1.165, 1.54) is 23.7 Å². The monoisotopic (exact) mass is 275 g/mol. The second-order valence-electron chi connectivity index (χ2n) is 5.11. The molecule has 19 heavy (non-hydrogen) atoms. The number of alkyl halides is 3. The van der Waals surface area contributed by atoms with Crippen molar-refractivity contribution in [3.8, 4) is 0 Å². The van der Waals surface area contributed by atoms with Gasteiger partial charge >= 0.3 is 6.18 Å². The van der Waals surface area contributed by atoms with Crippen LogP contribution < -0.4 is 5.32 Å². The second kappa shape index (κ2) is 5.94. The molecule has 3 nitrogen and oxygen atoms in total. The maximum atomic E-state index is 12.4. The first-order chi connectivity index (χ1) is 9.00. The van der Waals surface area contributed by atoms with E-state index in [9.17, 15) is 13.2 Å². The van der Waals surface area contributed by atoms with Crippen LogP contribution in [0.5, 0.6) is 0 Å². The van der Waals surface area contributed by atoms with Crippen molar-refractivity contribution in [1.82, 2.24) is 15.1 Å². The van der Waals surface area contributed by atoms with Crippen LogP contribution in [0.4, 0.5) is 13.2 Å². The van der Waals surface area contributed by atoms with Crippen molar-refractivity contribution in [1.29, 1.82) is 0 Å². The Kier molecular flexibility index (Phi) is 4.50. The summed E-state index contributed by atoms with van der Waals surface area (Å²) in [5.74, 6) is 0.554. The summed E-state index contributed by atoms with van der Waals surface area (Å²) in [6.07, 6.45) is 1.49. The number of nitrogens with zero attached hydrogens (tertiary/aromatic N) is 2. The molecule has 6 heteroatoms. The third-order valence-electron chi connectivity index (χ3n) is 3.79. The molecular formula is C13H20F3N3. The lowest BCUT2D eigenvalue weighted by molar-refractivity contribution is -0.141. The molecule has 0 amide bonds. The SMILES string of the molecule is CCNC1CCCC1CCn1ccc(C(F)(F)F)n1. The molecule has 1 N–H and O–H groups in total. The van der Waals surface area contributed by atoms with Crippen molar-refractivity contribution in [3.05, 3.63) is 18.0 Å². The van der Waals surface area contributed by atoms with Crippen LogP contribution in [0, 0.1) is 5.92 Å². The molecule has 108 valence electrons. The number of aryl methyl sites for hydroxylation is 1. The van der Waals surface area contributed by atoms with Crippen LogP contribution in [0.2, 0.25) is 0 Å². The highest BCUT2D eigenvalue weighted by molar-refractivity contribution is 5.03. The Balaban J connectivity index is 1.87. The molecule has 1 aromatic heterocycles. The minimum Gasteiger partial charge on any atom is -0.314 e. The molecule has 2 atom stereocenters. The Morgan fingerprint density at radius 3 is 2.84 bits per heavy atom. The highest BCUT2D eigenvalue weighted by Gasteiger charge is 2.33. The predicted molar refractivity (Wildman–Crippen MR) is 66.7 cm³/mol. The van der Waals surface area contributed by atoms with E-state index in [0.29, 0.717) is 18.5 Å². The van der Waals surface area contributed by atoms with Crippen molar-refractivity contribution in [3.63, 3.8) is 0 Å². The molecule has 2 rings (SSSR count). The van der Waals surface area contributed by atoms with Gasteiger partial charge in [0, 0.05) is 18.8 Å². The molecule has 1 aliphatic rings. The summed E-state index contributed by atoms with van der Waals surface area (Å²) in [7, 11) is 0. The van der Waals surface area contributed by atoms with Gasteiger partial charge < -0.3 is 5.32 Å². The van der Waals surface area contributed by atoms with Crippen molar-refractivity contribution < 1.29 is 13.2 Å². The zero-order chi connectivity index (χ0) is 13.9. The Hall–Kier alpha value is -1.04. The van der Waals surface area contributed by atoms with Gasteiger partial charge in [0.15, 0.2) is 5.69 Å². The lowest BCUT2D eigenvalue weighted by Crippen LogP contribution is -2.32. The summed E-state index contributed by atoms with van der Waals surface area (Å²) in [6, 6.07) is 1.55. The lowest BCUT2D eigenvalue weighted by atomic mass is 9.99. The van der Waals surface area contributed by atoms with Gasteiger partial charge in [-0.3, -0.25) is 4.68 Å². The molecule has 1 aromatic rings. The van der Waals surface area contributed by atoms with E-state index in [1.54, 1.807) is 0 Å². The first kappa shape index (κ1) is 14.4. The first-order valence-electron chi connectivity index (χ1n) is 6.84. The molecule has 0 aromatic carbocycles. The van der Waals surface area contributed by atoms with E-state index in [-0.39, 0.29) is 0 Å². The van der Waals surface area contributed by atoms with Gasteiger partial charge in [-0.25, -0.2) is 0 Å². The molecule has 0 bridgehead atoms. The molecule has 1 heterocycles. The van der Waals surface area contributed by atoms with Crippen molar-refractivity contribution in [2.24, 2.45) is 5.92 Å². The van der Waals surface area contributed by atoms with E-state index >= 15 is 0 Å². The number of rotatable bonds is 5. The van der Waals surface area contributed by atoms with Crippen LogP contribution in [-0.4, -0.2) is 22.4 Å². The van der Waals surface area contributed by atoms with E-state index < -0.39 is 11.9 Å². The first-order valence-corrected chi connectivity index (χ1v) is 6.84. The summed E-state index contributed by atoms with van der Waals surface area (Å²) in [5.41, 5.74) is -0.804. The van der Waals surface area contributed by atoms with Crippen LogP contribution >= 0.6 is 0 Å². The molecule has 0 spiro atoms. The number of hydrogen-bond donors (Lipinski definition) is 1.